The number of ether oxygens (including phenoxy) is 3. The Morgan fingerprint density at radius 2 is 2.00 bits per heavy atom. The molecule has 1 aliphatic carbocycles. The first-order valence-corrected chi connectivity index (χ1v) is 11.4. The van der Waals surface area contributed by atoms with Crippen LogP contribution in [0.2, 0.25) is 0 Å². The molecule has 2 bridgehead atoms. The highest BCUT2D eigenvalue weighted by atomic mass is 16.6. The van der Waals surface area contributed by atoms with Gasteiger partial charge in [0, 0.05) is 37.7 Å². The average molecular weight is 427 g/mol. The summed E-state index contributed by atoms with van der Waals surface area (Å²) in [5.41, 5.74) is 0.327. The molecular weight excluding hydrogens is 396 g/mol. The number of esters is 2. The largest absolute Gasteiger partial charge is 0.467 e. The number of anilines is 1. The molecule has 4 fully saturated rings. The van der Waals surface area contributed by atoms with Crippen molar-refractivity contribution in [3.05, 3.63) is 29.8 Å². The molecule has 0 N–H and O–H groups in total. The van der Waals surface area contributed by atoms with Crippen molar-refractivity contribution < 1.29 is 23.8 Å². The lowest BCUT2D eigenvalue weighted by atomic mass is 9.48. The van der Waals surface area contributed by atoms with E-state index in [1.807, 2.05) is 13.1 Å². The van der Waals surface area contributed by atoms with E-state index in [2.05, 4.69) is 34.9 Å². The Kier molecular flexibility index (Phi) is 3.79. The van der Waals surface area contributed by atoms with Gasteiger partial charge in [-0.2, -0.15) is 0 Å². The van der Waals surface area contributed by atoms with E-state index >= 15 is 0 Å². The van der Waals surface area contributed by atoms with Gasteiger partial charge in [0.1, 0.15) is 0 Å². The first-order chi connectivity index (χ1) is 14.9. The highest BCUT2D eigenvalue weighted by molar-refractivity contribution is 5.87. The molecule has 0 radical (unpaired) electrons. The molecule has 1 saturated carbocycles. The van der Waals surface area contributed by atoms with E-state index < -0.39 is 23.1 Å². The number of nitrogens with zero attached hydrogens (tertiary/aromatic N) is 2. The predicted octanol–water partition coefficient (Wildman–Crippen LogP) is 1.87. The lowest BCUT2D eigenvalue weighted by molar-refractivity contribution is -0.199. The minimum atomic E-state index is -1.36. The zero-order valence-electron chi connectivity index (χ0n) is 18.6. The van der Waals surface area contributed by atoms with E-state index in [0.717, 1.165) is 38.0 Å². The van der Waals surface area contributed by atoms with Crippen molar-refractivity contribution >= 4 is 17.6 Å². The summed E-state index contributed by atoms with van der Waals surface area (Å²) in [6.07, 6.45) is 1.72. The number of carbonyl (C=O) groups is 2. The molecule has 7 atom stereocenters. The van der Waals surface area contributed by atoms with Crippen LogP contribution in [0.15, 0.2) is 24.3 Å². The van der Waals surface area contributed by atoms with Crippen LogP contribution in [0.25, 0.3) is 0 Å². The Morgan fingerprint density at radius 1 is 1.23 bits per heavy atom. The van der Waals surface area contributed by atoms with Crippen LogP contribution >= 0.6 is 0 Å². The molecular formula is C24H30N2O5. The molecule has 0 aromatic heterocycles. The highest BCUT2D eigenvalue weighted by Gasteiger charge is 2.87. The summed E-state index contributed by atoms with van der Waals surface area (Å²) in [5.74, 6) is -0.807. The molecule has 166 valence electrons. The quantitative estimate of drug-likeness (QED) is 0.684. The smallest absolute Gasteiger partial charge is 0.344 e. The summed E-state index contributed by atoms with van der Waals surface area (Å²) in [6, 6.07) is 8.33. The van der Waals surface area contributed by atoms with Crippen LogP contribution in [-0.4, -0.2) is 74.0 Å². The fraction of sp³-hybridized carbons (Fsp3) is 0.667. The second-order valence-corrected chi connectivity index (χ2v) is 9.89. The van der Waals surface area contributed by atoms with Crippen molar-refractivity contribution in [3.8, 4) is 0 Å². The maximum atomic E-state index is 13.7. The van der Waals surface area contributed by atoms with Crippen LogP contribution in [0.3, 0.4) is 0 Å². The molecule has 7 heteroatoms. The topological polar surface area (TPSA) is 68.3 Å². The molecule has 5 aliphatic rings. The summed E-state index contributed by atoms with van der Waals surface area (Å²) >= 11 is 0. The van der Waals surface area contributed by atoms with Crippen LogP contribution in [0.1, 0.15) is 38.7 Å². The van der Waals surface area contributed by atoms with E-state index in [-0.39, 0.29) is 29.6 Å². The van der Waals surface area contributed by atoms with Crippen LogP contribution in [0.4, 0.5) is 5.69 Å². The highest BCUT2D eigenvalue weighted by Crippen LogP contribution is 2.72. The number of para-hydroxylation sites is 1. The molecule has 1 spiro atoms. The summed E-state index contributed by atoms with van der Waals surface area (Å²) in [6.45, 7) is 5.49. The second-order valence-electron chi connectivity index (χ2n) is 9.89. The van der Waals surface area contributed by atoms with E-state index in [4.69, 9.17) is 14.2 Å². The predicted molar refractivity (Wildman–Crippen MR) is 113 cm³/mol. The van der Waals surface area contributed by atoms with Crippen molar-refractivity contribution in [1.29, 1.82) is 0 Å². The number of fused-ring (bicyclic) bond motifs is 3. The van der Waals surface area contributed by atoms with Crippen molar-refractivity contribution in [2.45, 2.75) is 68.4 Å². The van der Waals surface area contributed by atoms with Gasteiger partial charge in [0.2, 0.25) is 5.60 Å². The summed E-state index contributed by atoms with van der Waals surface area (Å²) < 4.78 is 18.4. The zero-order chi connectivity index (χ0) is 21.8. The first kappa shape index (κ1) is 19.6. The number of benzene rings is 1. The SMILES string of the molecule is CC[C@]12[C@@H]3N4CC[C@H]1O[C@@](C(=O)OC)([C@@H]1N(C)c5ccccc5[C@]31CC4)[C@@H]2OC(C)=O. The molecule has 4 aliphatic heterocycles. The first-order valence-electron chi connectivity index (χ1n) is 11.4. The van der Waals surface area contributed by atoms with Crippen molar-refractivity contribution in [1.82, 2.24) is 4.90 Å². The summed E-state index contributed by atoms with van der Waals surface area (Å²) in [7, 11) is 3.45. The van der Waals surface area contributed by atoms with Gasteiger partial charge in [-0.15, -0.1) is 0 Å². The Bertz CT molecular complexity index is 982. The Labute approximate surface area is 182 Å². The maximum Gasteiger partial charge on any atom is 0.344 e. The molecule has 4 heterocycles. The molecule has 31 heavy (non-hydrogen) atoms. The molecule has 1 aromatic carbocycles. The Balaban J connectivity index is 1.71. The zero-order valence-corrected chi connectivity index (χ0v) is 18.6. The van der Waals surface area contributed by atoms with Gasteiger partial charge in [0.15, 0.2) is 6.10 Å². The second kappa shape index (κ2) is 6.01. The number of piperidine rings is 1. The summed E-state index contributed by atoms with van der Waals surface area (Å²) in [4.78, 5) is 30.9. The lowest BCUT2D eigenvalue weighted by Crippen LogP contribution is -2.78. The maximum absolute atomic E-state index is 13.7. The van der Waals surface area contributed by atoms with Gasteiger partial charge in [-0.05, 0) is 37.4 Å². The van der Waals surface area contributed by atoms with Gasteiger partial charge < -0.3 is 19.1 Å². The minimum Gasteiger partial charge on any atom is -0.467 e. The molecule has 1 aromatic rings. The van der Waals surface area contributed by atoms with Gasteiger partial charge in [0.05, 0.1) is 24.7 Å². The third kappa shape index (κ3) is 1.87. The van der Waals surface area contributed by atoms with Crippen molar-refractivity contribution in [2.75, 3.05) is 32.1 Å². The van der Waals surface area contributed by atoms with Crippen LogP contribution in [0, 0.1) is 5.41 Å². The monoisotopic (exact) mass is 426 g/mol. The molecule has 7 nitrogen and oxygen atoms in total. The van der Waals surface area contributed by atoms with Crippen molar-refractivity contribution in [3.63, 3.8) is 0 Å². The lowest BCUT2D eigenvalue weighted by Gasteiger charge is -2.60. The summed E-state index contributed by atoms with van der Waals surface area (Å²) in [5, 5.41) is 0. The van der Waals surface area contributed by atoms with Gasteiger partial charge in [-0.25, -0.2) is 4.79 Å². The van der Waals surface area contributed by atoms with Gasteiger partial charge in [-0.1, -0.05) is 25.1 Å². The molecule has 0 unspecified atom stereocenters. The number of likely N-dealkylation sites (N-methyl/N-ethyl adjacent to an activating group) is 1. The van der Waals surface area contributed by atoms with E-state index in [9.17, 15) is 9.59 Å². The van der Waals surface area contributed by atoms with Gasteiger partial charge in [0.25, 0.3) is 0 Å². The third-order valence-corrected chi connectivity index (χ3v) is 9.14. The van der Waals surface area contributed by atoms with Crippen molar-refractivity contribution in [2.24, 2.45) is 5.41 Å². The van der Waals surface area contributed by atoms with Crippen LogP contribution < -0.4 is 4.90 Å². The Morgan fingerprint density at radius 3 is 2.71 bits per heavy atom. The van der Waals surface area contributed by atoms with Gasteiger partial charge >= 0.3 is 11.9 Å². The average Bonchev–Trinajstić information content (AvgIpc) is 3.37. The van der Waals surface area contributed by atoms with E-state index in [1.165, 1.54) is 19.6 Å². The minimum absolute atomic E-state index is 0.143. The number of hydrogen-bond donors (Lipinski definition) is 0. The standard InChI is InChI=1S/C24H30N2O5/c1-5-22-17-10-12-26-13-11-23(18(22)26)15-8-6-7-9-16(15)25(3)19(23)24(31-17,21(28)29-4)20(22)30-14(2)27/h6-9,17-20H,5,10-13H2,1-4H3/t17-,18+,19-,20-,22-,23-,24+/m1/s1. The molecule has 3 saturated heterocycles. The fourth-order valence-corrected chi connectivity index (χ4v) is 8.53. The number of methoxy groups -OCH3 is 1. The number of rotatable bonds is 3. The Hall–Kier alpha value is -2.12. The molecule has 6 rings (SSSR count). The van der Waals surface area contributed by atoms with Crippen LogP contribution in [-0.2, 0) is 29.2 Å². The van der Waals surface area contributed by atoms with E-state index in [1.54, 1.807) is 0 Å². The van der Waals surface area contributed by atoms with Crippen LogP contribution in [0.5, 0.6) is 0 Å². The number of carbonyl (C=O) groups excluding carboxylic acids is 2. The van der Waals surface area contributed by atoms with Gasteiger partial charge in [-0.3, -0.25) is 9.69 Å². The normalized spacial score (nSPS) is 44.1. The number of hydrogen-bond acceptors (Lipinski definition) is 7. The van der Waals surface area contributed by atoms with E-state index in [0.29, 0.717) is 0 Å². The third-order valence-electron chi connectivity index (χ3n) is 9.14. The fourth-order valence-electron chi connectivity index (χ4n) is 8.53. The molecule has 0 amide bonds.